The van der Waals surface area contributed by atoms with Crippen LogP contribution in [0.5, 0.6) is 0 Å². The van der Waals surface area contributed by atoms with E-state index >= 15 is 0 Å². The lowest BCUT2D eigenvalue weighted by Crippen LogP contribution is -2.32. The molecule has 158 valence electrons. The summed E-state index contributed by atoms with van der Waals surface area (Å²) in [5.74, 6) is -0.306. The molecular weight excluding hydrogens is 390 g/mol. The maximum absolute atomic E-state index is 12.4. The lowest BCUT2D eigenvalue weighted by atomic mass is 10.1. The van der Waals surface area contributed by atoms with Gasteiger partial charge in [0.05, 0.1) is 6.04 Å². The van der Waals surface area contributed by atoms with Crippen LogP contribution in [0.4, 0.5) is 0 Å². The van der Waals surface area contributed by atoms with Crippen LogP contribution in [0, 0.1) is 0 Å². The van der Waals surface area contributed by atoms with Gasteiger partial charge in [0, 0.05) is 30.9 Å². The second-order valence-corrected chi connectivity index (χ2v) is 7.35. The molecule has 1 aromatic heterocycles. The molecule has 0 bridgehead atoms. The van der Waals surface area contributed by atoms with Crippen molar-refractivity contribution in [3.05, 3.63) is 53.3 Å². The van der Waals surface area contributed by atoms with E-state index in [2.05, 4.69) is 21.0 Å². The molecule has 1 aliphatic rings. The lowest BCUT2D eigenvalue weighted by Gasteiger charge is -2.22. The summed E-state index contributed by atoms with van der Waals surface area (Å²) in [7, 11) is 0. The maximum Gasteiger partial charge on any atom is 0.272 e. The van der Waals surface area contributed by atoms with Crippen molar-refractivity contribution in [1.29, 1.82) is 0 Å². The van der Waals surface area contributed by atoms with Gasteiger partial charge in [-0.15, -0.1) is 12.4 Å². The minimum Gasteiger partial charge on any atom is -0.350 e. The fraction of sp³-hybridized carbons (Fsp3) is 0.476. The van der Waals surface area contributed by atoms with Gasteiger partial charge in [0.15, 0.2) is 0 Å². The lowest BCUT2D eigenvalue weighted by molar-refractivity contribution is 0.0935. The van der Waals surface area contributed by atoms with Gasteiger partial charge in [-0.3, -0.25) is 14.3 Å². The van der Waals surface area contributed by atoms with E-state index in [-0.39, 0.29) is 30.3 Å². The summed E-state index contributed by atoms with van der Waals surface area (Å²) >= 11 is 0. The van der Waals surface area contributed by atoms with Crippen LogP contribution in [0.2, 0.25) is 0 Å². The van der Waals surface area contributed by atoms with Crippen molar-refractivity contribution in [1.82, 2.24) is 25.7 Å². The molecule has 29 heavy (non-hydrogen) atoms. The van der Waals surface area contributed by atoms with Crippen LogP contribution >= 0.6 is 12.4 Å². The summed E-state index contributed by atoms with van der Waals surface area (Å²) in [6.45, 7) is 6.28. The second kappa shape index (κ2) is 11.0. The van der Waals surface area contributed by atoms with Crippen LogP contribution in [0.3, 0.4) is 0 Å². The Morgan fingerprint density at radius 2 is 2.14 bits per heavy atom. The number of benzene rings is 1. The minimum absolute atomic E-state index is 0. The number of carbonyl (C=O) groups excluding carboxylic acids is 2. The summed E-state index contributed by atoms with van der Waals surface area (Å²) in [4.78, 5) is 24.7. The average Bonchev–Trinajstić information content (AvgIpc) is 3.23. The molecule has 2 atom stereocenters. The molecule has 0 saturated carbocycles. The van der Waals surface area contributed by atoms with Gasteiger partial charge in [-0.05, 0) is 56.5 Å². The summed E-state index contributed by atoms with van der Waals surface area (Å²) in [5, 5.41) is 13.6. The predicted octanol–water partition coefficient (Wildman–Crippen LogP) is 2.69. The first kappa shape index (κ1) is 22.9. The molecule has 2 amide bonds. The maximum atomic E-state index is 12.4. The fourth-order valence-corrected chi connectivity index (χ4v) is 3.23. The minimum atomic E-state index is -0.211. The molecule has 1 aromatic carbocycles. The molecule has 1 aliphatic heterocycles. The third-order valence-corrected chi connectivity index (χ3v) is 5.12. The molecule has 3 rings (SSSR count). The zero-order valence-corrected chi connectivity index (χ0v) is 17.8. The largest absolute Gasteiger partial charge is 0.350 e. The Labute approximate surface area is 178 Å². The highest BCUT2D eigenvalue weighted by Crippen LogP contribution is 2.15. The molecule has 0 radical (unpaired) electrons. The number of amides is 2. The SMILES string of the molecule is CCC(C)NC(=O)c1cccc(CNC(=O)c2ccn(C3CCCNC3)n2)c1.Cl. The van der Waals surface area contributed by atoms with Crippen molar-refractivity contribution >= 4 is 24.2 Å². The highest BCUT2D eigenvalue weighted by molar-refractivity contribution is 5.94. The molecule has 1 saturated heterocycles. The molecular formula is C21H30ClN5O2. The van der Waals surface area contributed by atoms with Crippen molar-refractivity contribution in [3.8, 4) is 0 Å². The van der Waals surface area contributed by atoms with Gasteiger partial charge < -0.3 is 16.0 Å². The van der Waals surface area contributed by atoms with Gasteiger partial charge >= 0.3 is 0 Å². The van der Waals surface area contributed by atoms with E-state index in [0.29, 0.717) is 23.8 Å². The van der Waals surface area contributed by atoms with Crippen molar-refractivity contribution < 1.29 is 9.59 Å². The van der Waals surface area contributed by atoms with E-state index in [9.17, 15) is 9.59 Å². The van der Waals surface area contributed by atoms with E-state index in [0.717, 1.165) is 37.9 Å². The zero-order valence-electron chi connectivity index (χ0n) is 17.0. The quantitative estimate of drug-likeness (QED) is 0.643. The van der Waals surface area contributed by atoms with Crippen LogP contribution in [0.15, 0.2) is 36.5 Å². The van der Waals surface area contributed by atoms with E-state index in [4.69, 9.17) is 0 Å². The molecule has 8 heteroatoms. The van der Waals surface area contributed by atoms with E-state index in [1.54, 1.807) is 12.1 Å². The predicted molar refractivity (Wildman–Crippen MR) is 115 cm³/mol. The molecule has 2 aromatic rings. The topological polar surface area (TPSA) is 88.0 Å². The van der Waals surface area contributed by atoms with Gasteiger partial charge in [0.2, 0.25) is 0 Å². The standard InChI is InChI=1S/C21H29N5O2.ClH/c1-3-15(2)24-20(27)17-7-4-6-16(12-17)13-23-21(28)19-9-11-26(25-19)18-8-5-10-22-14-18;/h4,6-7,9,11-12,15,18,22H,3,5,8,10,13-14H2,1-2H3,(H,23,28)(H,24,27);1H. The van der Waals surface area contributed by atoms with E-state index < -0.39 is 0 Å². The smallest absolute Gasteiger partial charge is 0.272 e. The van der Waals surface area contributed by atoms with Crippen LogP contribution in [0.1, 0.15) is 65.6 Å². The summed E-state index contributed by atoms with van der Waals surface area (Å²) < 4.78 is 1.88. The number of rotatable bonds is 7. The van der Waals surface area contributed by atoms with Gasteiger partial charge in [-0.1, -0.05) is 19.1 Å². The highest BCUT2D eigenvalue weighted by atomic mass is 35.5. The third-order valence-electron chi connectivity index (χ3n) is 5.12. The van der Waals surface area contributed by atoms with Crippen molar-refractivity contribution in [2.24, 2.45) is 0 Å². The number of carbonyl (C=O) groups is 2. The third kappa shape index (κ3) is 6.30. The van der Waals surface area contributed by atoms with Crippen LogP contribution in [0.25, 0.3) is 0 Å². The van der Waals surface area contributed by atoms with Gasteiger partial charge in [0.25, 0.3) is 11.8 Å². The number of halogens is 1. The molecule has 0 aliphatic carbocycles. The first-order valence-electron chi connectivity index (χ1n) is 10.0. The number of nitrogens with zero attached hydrogens (tertiary/aromatic N) is 2. The van der Waals surface area contributed by atoms with Gasteiger partial charge in [0.1, 0.15) is 5.69 Å². The normalized spacial score (nSPS) is 17.1. The van der Waals surface area contributed by atoms with Crippen molar-refractivity contribution in [2.75, 3.05) is 13.1 Å². The summed E-state index contributed by atoms with van der Waals surface area (Å²) in [6, 6.07) is 9.50. The number of aromatic nitrogens is 2. The number of hydrogen-bond acceptors (Lipinski definition) is 4. The second-order valence-electron chi connectivity index (χ2n) is 7.35. The first-order valence-corrected chi connectivity index (χ1v) is 10.0. The molecule has 3 N–H and O–H groups in total. The Kier molecular flexibility index (Phi) is 8.67. The molecule has 1 fully saturated rings. The monoisotopic (exact) mass is 419 g/mol. The van der Waals surface area contributed by atoms with E-state index in [1.165, 1.54) is 0 Å². The summed E-state index contributed by atoms with van der Waals surface area (Å²) in [6.07, 6.45) is 4.94. The van der Waals surface area contributed by atoms with Gasteiger partial charge in [-0.2, -0.15) is 5.10 Å². The van der Waals surface area contributed by atoms with Crippen molar-refractivity contribution in [2.45, 2.75) is 51.7 Å². The molecule has 2 heterocycles. The Balaban J connectivity index is 0.00000300. The molecule has 0 spiro atoms. The molecule has 2 unspecified atom stereocenters. The number of hydrogen-bond donors (Lipinski definition) is 3. The zero-order chi connectivity index (χ0) is 19.9. The average molecular weight is 420 g/mol. The molecule has 7 nitrogen and oxygen atoms in total. The van der Waals surface area contributed by atoms with Crippen molar-refractivity contribution in [3.63, 3.8) is 0 Å². The Hall–Kier alpha value is -2.38. The first-order chi connectivity index (χ1) is 13.6. The Bertz CT molecular complexity index is 817. The highest BCUT2D eigenvalue weighted by Gasteiger charge is 2.17. The summed E-state index contributed by atoms with van der Waals surface area (Å²) in [5.41, 5.74) is 1.89. The van der Waals surface area contributed by atoms with Crippen LogP contribution < -0.4 is 16.0 Å². The van der Waals surface area contributed by atoms with Crippen LogP contribution in [-0.2, 0) is 6.54 Å². The Morgan fingerprint density at radius 1 is 1.31 bits per heavy atom. The van der Waals surface area contributed by atoms with Crippen LogP contribution in [-0.4, -0.2) is 40.7 Å². The van der Waals surface area contributed by atoms with E-state index in [1.807, 2.05) is 42.9 Å². The number of nitrogens with one attached hydrogen (secondary N) is 3. The Morgan fingerprint density at radius 3 is 2.86 bits per heavy atom. The number of piperidine rings is 1. The van der Waals surface area contributed by atoms with Gasteiger partial charge in [-0.25, -0.2) is 0 Å². The fourth-order valence-electron chi connectivity index (χ4n) is 3.23.